The Labute approximate surface area is 120 Å². The highest BCUT2D eigenvalue weighted by atomic mass is 32.2. The SMILES string of the molecule is CC1CCCCN1S(=O)(=O)N1CCCC(C)(C(=O)O)C1. The van der Waals surface area contributed by atoms with Gasteiger partial charge in [-0.1, -0.05) is 6.42 Å². The zero-order valence-electron chi connectivity index (χ0n) is 12.2. The molecule has 2 fully saturated rings. The molecule has 0 aliphatic carbocycles. The number of carboxylic acid groups (broad SMARTS) is 1. The van der Waals surface area contributed by atoms with Crippen molar-refractivity contribution in [3.8, 4) is 0 Å². The van der Waals surface area contributed by atoms with Crippen molar-refractivity contribution >= 4 is 16.2 Å². The highest BCUT2D eigenvalue weighted by Gasteiger charge is 2.44. The summed E-state index contributed by atoms with van der Waals surface area (Å²) in [7, 11) is -3.54. The van der Waals surface area contributed by atoms with E-state index in [9.17, 15) is 18.3 Å². The first-order valence-corrected chi connectivity index (χ1v) is 8.67. The van der Waals surface area contributed by atoms with E-state index in [2.05, 4.69) is 0 Å². The standard InChI is InChI=1S/C13H24N2O4S/c1-11-6-3-4-9-15(11)20(18,19)14-8-5-7-13(2,10-14)12(16)17/h11H,3-10H2,1-2H3,(H,16,17). The molecule has 2 rings (SSSR count). The normalized spacial score (nSPS) is 34.0. The van der Waals surface area contributed by atoms with Gasteiger partial charge in [-0.05, 0) is 39.5 Å². The molecule has 2 saturated heterocycles. The smallest absolute Gasteiger partial charge is 0.310 e. The minimum Gasteiger partial charge on any atom is -0.481 e. The molecule has 1 N–H and O–H groups in total. The van der Waals surface area contributed by atoms with E-state index >= 15 is 0 Å². The lowest BCUT2D eigenvalue weighted by atomic mass is 9.83. The minimum atomic E-state index is -3.54. The summed E-state index contributed by atoms with van der Waals surface area (Å²) in [4.78, 5) is 11.4. The van der Waals surface area contributed by atoms with E-state index in [0.29, 0.717) is 25.9 Å². The molecule has 116 valence electrons. The molecule has 2 atom stereocenters. The first-order valence-electron chi connectivity index (χ1n) is 7.28. The molecule has 2 heterocycles. The van der Waals surface area contributed by atoms with E-state index in [4.69, 9.17) is 0 Å². The Morgan fingerprint density at radius 2 is 1.95 bits per heavy atom. The van der Waals surface area contributed by atoms with Crippen LogP contribution in [0.2, 0.25) is 0 Å². The predicted molar refractivity (Wildman–Crippen MR) is 75.5 cm³/mol. The fraction of sp³-hybridized carbons (Fsp3) is 0.923. The predicted octanol–water partition coefficient (Wildman–Crippen LogP) is 1.29. The van der Waals surface area contributed by atoms with Crippen LogP contribution in [0.1, 0.15) is 46.0 Å². The molecule has 2 unspecified atom stereocenters. The number of aliphatic carboxylic acids is 1. The number of hydrogen-bond acceptors (Lipinski definition) is 3. The Morgan fingerprint density at radius 3 is 2.55 bits per heavy atom. The summed E-state index contributed by atoms with van der Waals surface area (Å²) in [6.07, 6.45) is 3.95. The van der Waals surface area contributed by atoms with Crippen molar-refractivity contribution in [2.24, 2.45) is 5.41 Å². The number of nitrogens with zero attached hydrogens (tertiary/aromatic N) is 2. The first kappa shape index (κ1) is 15.7. The van der Waals surface area contributed by atoms with Crippen molar-refractivity contribution in [2.75, 3.05) is 19.6 Å². The van der Waals surface area contributed by atoms with Gasteiger partial charge in [0.2, 0.25) is 0 Å². The van der Waals surface area contributed by atoms with Crippen LogP contribution >= 0.6 is 0 Å². The summed E-state index contributed by atoms with van der Waals surface area (Å²) < 4.78 is 28.4. The van der Waals surface area contributed by atoms with Crippen molar-refractivity contribution in [3.05, 3.63) is 0 Å². The van der Waals surface area contributed by atoms with Crippen molar-refractivity contribution in [2.45, 2.75) is 52.0 Å². The van der Waals surface area contributed by atoms with Crippen LogP contribution in [0.25, 0.3) is 0 Å². The molecule has 0 amide bonds. The van der Waals surface area contributed by atoms with Gasteiger partial charge in [0.15, 0.2) is 0 Å². The molecule has 2 aliphatic rings. The van der Waals surface area contributed by atoms with Crippen LogP contribution in [-0.4, -0.2) is 53.8 Å². The van der Waals surface area contributed by atoms with Crippen LogP contribution in [-0.2, 0) is 15.0 Å². The van der Waals surface area contributed by atoms with Gasteiger partial charge in [-0.2, -0.15) is 17.0 Å². The third-order valence-corrected chi connectivity index (χ3v) is 6.64. The van der Waals surface area contributed by atoms with E-state index in [0.717, 1.165) is 19.3 Å². The molecule has 7 heteroatoms. The van der Waals surface area contributed by atoms with Gasteiger partial charge in [-0.15, -0.1) is 0 Å². The lowest BCUT2D eigenvalue weighted by Gasteiger charge is -2.41. The Balaban J connectivity index is 2.19. The topological polar surface area (TPSA) is 77.9 Å². The Hall–Kier alpha value is -0.660. The zero-order chi connectivity index (χ0) is 15.0. The van der Waals surface area contributed by atoms with Gasteiger partial charge >= 0.3 is 5.97 Å². The summed E-state index contributed by atoms with van der Waals surface area (Å²) >= 11 is 0. The number of carboxylic acids is 1. The third kappa shape index (κ3) is 2.84. The fourth-order valence-electron chi connectivity index (χ4n) is 3.13. The molecule has 20 heavy (non-hydrogen) atoms. The van der Waals surface area contributed by atoms with Crippen molar-refractivity contribution in [1.29, 1.82) is 0 Å². The molecule has 0 saturated carbocycles. The van der Waals surface area contributed by atoms with Gasteiger partial charge < -0.3 is 5.11 Å². The van der Waals surface area contributed by atoms with Crippen LogP contribution in [0, 0.1) is 5.41 Å². The van der Waals surface area contributed by atoms with Gasteiger partial charge in [0.1, 0.15) is 0 Å². The highest BCUT2D eigenvalue weighted by Crippen LogP contribution is 2.33. The van der Waals surface area contributed by atoms with Gasteiger partial charge in [0.05, 0.1) is 5.41 Å². The molecular weight excluding hydrogens is 280 g/mol. The van der Waals surface area contributed by atoms with Gasteiger partial charge in [-0.3, -0.25) is 4.79 Å². The number of carbonyl (C=O) groups is 1. The average Bonchev–Trinajstić information content (AvgIpc) is 2.39. The molecule has 0 spiro atoms. The van der Waals surface area contributed by atoms with Crippen LogP contribution in [0.4, 0.5) is 0 Å². The third-order valence-electron chi connectivity index (χ3n) is 4.54. The Morgan fingerprint density at radius 1 is 1.25 bits per heavy atom. The summed E-state index contributed by atoms with van der Waals surface area (Å²) in [6, 6.07) is 0.00626. The maximum atomic E-state index is 12.7. The second-order valence-corrected chi connectivity index (χ2v) is 8.15. The molecule has 0 aromatic heterocycles. The quantitative estimate of drug-likeness (QED) is 0.852. The lowest BCUT2D eigenvalue weighted by molar-refractivity contribution is -0.150. The Kier molecular flexibility index (Phi) is 4.41. The molecule has 0 radical (unpaired) electrons. The second kappa shape index (κ2) is 5.61. The van der Waals surface area contributed by atoms with E-state index in [1.54, 1.807) is 11.2 Å². The van der Waals surface area contributed by atoms with E-state index in [1.807, 2.05) is 6.92 Å². The minimum absolute atomic E-state index is 0.00626. The summed E-state index contributed by atoms with van der Waals surface area (Å²) in [5.74, 6) is -0.913. The summed E-state index contributed by atoms with van der Waals surface area (Å²) in [5.41, 5.74) is -0.968. The molecule has 6 nitrogen and oxygen atoms in total. The number of hydrogen-bond donors (Lipinski definition) is 1. The van der Waals surface area contributed by atoms with Crippen LogP contribution in [0.3, 0.4) is 0 Å². The molecule has 0 bridgehead atoms. The molecule has 0 aromatic rings. The van der Waals surface area contributed by atoms with Gasteiger partial charge in [-0.25, -0.2) is 0 Å². The number of rotatable bonds is 3. The average molecular weight is 304 g/mol. The second-order valence-electron chi connectivity index (χ2n) is 6.27. The van der Waals surface area contributed by atoms with Crippen LogP contribution in [0.15, 0.2) is 0 Å². The lowest BCUT2D eigenvalue weighted by Crippen LogP contribution is -2.55. The number of piperidine rings is 2. The van der Waals surface area contributed by atoms with Crippen LogP contribution < -0.4 is 0 Å². The van der Waals surface area contributed by atoms with E-state index < -0.39 is 21.6 Å². The Bertz CT molecular complexity index is 479. The monoisotopic (exact) mass is 304 g/mol. The highest BCUT2D eigenvalue weighted by molar-refractivity contribution is 7.86. The fourth-order valence-corrected chi connectivity index (χ4v) is 5.15. The maximum absolute atomic E-state index is 12.7. The van der Waals surface area contributed by atoms with Gasteiger partial charge in [0.25, 0.3) is 10.2 Å². The van der Waals surface area contributed by atoms with E-state index in [-0.39, 0.29) is 12.6 Å². The van der Waals surface area contributed by atoms with Crippen molar-refractivity contribution < 1.29 is 18.3 Å². The van der Waals surface area contributed by atoms with Gasteiger partial charge in [0, 0.05) is 25.7 Å². The molecule has 2 aliphatic heterocycles. The van der Waals surface area contributed by atoms with Crippen molar-refractivity contribution in [3.63, 3.8) is 0 Å². The molecule has 0 aromatic carbocycles. The summed E-state index contributed by atoms with van der Waals surface area (Å²) in [5, 5.41) is 9.31. The first-order chi connectivity index (χ1) is 9.27. The van der Waals surface area contributed by atoms with Crippen molar-refractivity contribution in [1.82, 2.24) is 8.61 Å². The maximum Gasteiger partial charge on any atom is 0.310 e. The van der Waals surface area contributed by atoms with Crippen LogP contribution in [0.5, 0.6) is 0 Å². The zero-order valence-corrected chi connectivity index (χ0v) is 13.0. The summed E-state index contributed by atoms with van der Waals surface area (Å²) in [6.45, 7) is 4.61. The van der Waals surface area contributed by atoms with E-state index in [1.165, 1.54) is 4.31 Å². The largest absolute Gasteiger partial charge is 0.481 e. The molecular formula is C13H24N2O4S.